The Morgan fingerprint density at radius 2 is 1.72 bits per heavy atom. The Morgan fingerprint density at radius 1 is 0.949 bits per heavy atom. The molecule has 1 fully saturated rings. The number of urea groups is 1. The summed E-state index contributed by atoms with van der Waals surface area (Å²) in [7, 11) is 0. The molecular formula is C28H28F3N5O3. The van der Waals surface area contributed by atoms with Crippen LogP contribution in [-0.4, -0.2) is 53.7 Å². The first-order valence-corrected chi connectivity index (χ1v) is 12.7. The molecule has 1 aliphatic heterocycles. The highest BCUT2D eigenvalue weighted by Gasteiger charge is 2.31. The van der Waals surface area contributed by atoms with E-state index in [-0.39, 0.29) is 5.69 Å². The standard InChI is InChI=1S/C28H28F3N5O3/c29-28(30,31)39-22-6-4-5-21(15-22)34-27(37)33-20-9-7-19(8-10-20)24-16-23(17-26-25(24)18-32-35-26)38-14-13-36-11-2-1-3-12-36/h4-10,15-18H,1-3,11-14H2,(H,32,35)(H2,33,34,37). The third-order valence-corrected chi connectivity index (χ3v) is 6.44. The molecule has 0 spiro atoms. The predicted octanol–water partition coefficient (Wildman–Crippen LogP) is 6.64. The second-order valence-electron chi connectivity index (χ2n) is 9.28. The summed E-state index contributed by atoms with van der Waals surface area (Å²) >= 11 is 0. The van der Waals surface area contributed by atoms with Crippen molar-refractivity contribution in [3.8, 4) is 22.6 Å². The van der Waals surface area contributed by atoms with Crippen molar-refractivity contribution >= 4 is 28.3 Å². The molecule has 204 valence electrons. The number of benzene rings is 3. The van der Waals surface area contributed by atoms with Crippen LogP contribution in [0.2, 0.25) is 0 Å². The molecule has 0 unspecified atom stereocenters. The van der Waals surface area contributed by atoms with Gasteiger partial charge < -0.3 is 20.1 Å². The number of carbonyl (C=O) groups is 1. The van der Waals surface area contributed by atoms with E-state index in [9.17, 15) is 18.0 Å². The van der Waals surface area contributed by atoms with Crippen molar-refractivity contribution in [2.45, 2.75) is 25.6 Å². The minimum absolute atomic E-state index is 0.158. The van der Waals surface area contributed by atoms with Crippen molar-refractivity contribution in [1.29, 1.82) is 0 Å². The van der Waals surface area contributed by atoms with Crippen LogP contribution < -0.4 is 20.1 Å². The van der Waals surface area contributed by atoms with Crippen LogP contribution >= 0.6 is 0 Å². The minimum atomic E-state index is -4.82. The van der Waals surface area contributed by atoms with Gasteiger partial charge in [0.25, 0.3) is 0 Å². The van der Waals surface area contributed by atoms with Gasteiger partial charge in [-0.05, 0) is 67.4 Å². The zero-order chi connectivity index (χ0) is 27.2. The van der Waals surface area contributed by atoms with Crippen molar-refractivity contribution in [1.82, 2.24) is 15.1 Å². The van der Waals surface area contributed by atoms with E-state index in [0.29, 0.717) is 12.3 Å². The quantitative estimate of drug-likeness (QED) is 0.234. The number of H-pyrrole nitrogens is 1. The number of ether oxygens (including phenoxy) is 2. The summed E-state index contributed by atoms with van der Waals surface area (Å²) in [5.74, 6) is 0.324. The van der Waals surface area contributed by atoms with Crippen LogP contribution in [0.3, 0.4) is 0 Å². The van der Waals surface area contributed by atoms with Crippen molar-refractivity contribution in [3.05, 3.63) is 66.9 Å². The van der Waals surface area contributed by atoms with Crippen molar-refractivity contribution in [2.24, 2.45) is 0 Å². The number of fused-ring (bicyclic) bond motifs is 1. The van der Waals surface area contributed by atoms with E-state index in [1.807, 2.05) is 24.3 Å². The van der Waals surface area contributed by atoms with Crippen molar-refractivity contribution < 1.29 is 27.4 Å². The topological polar surface area (TPSA) is 91.5 Å². The highest BCUT2D eigenvalue weighted by molar-refractivity contribution is 6.00. The third kappa shape index (κ3) is 7.20. The van der Waals surface area contributed by atoms with Gasteiger partial charge >= 0.3 is 12.4 Å². The molecule has 2 heterocycles. The Hall–Kier alpha value is -4.25. The SMILES string of the molecule is O=C(Nc1ccc(-c2cc(OCCN3CCCCC3)cc3[nH]ncc23)cc1)Nc1cccc(OC(F)(F)F)c1. The fourth-order valence-corrected chi connectivity index (χ4v) is 4.62. The predicted molar refractivity (Wildman–Crippen MR) is 143 cm³/mol. The van der Waals surface area contributed by atoms with Gasteiger partial charge in [-0.15, -0.1) is 13.2 Å². The Kier molecular flexibility index (Phi) is 7.87. The Labute approximate surface area is 223 Å². The molecule has 4 aromatic rings. The molecule has 5 rings (SSSR count). The summed E-state index contributed by atoms with van der Waals surface area (Å²) in [6.07, 6.45) is 0.717. The van der Waals surface area contributed by atoms with E-state index >= 15 is 0 Å². The molecule has 2 amide bonds. The van der Waals surface area contributed by atoms with Crippen LogP contribution in [0, 0.1) is 0 Å². The molecule has 0 aliphatic carbocycles. The number of rotatable bonds is 8. The second-order valence-corrected chi connectivity index (χ2v) is 9.28. The number of hydrogen-bond acceptors (Lipinski definition) is 5. The van der Waals surface area contributed by atoms with E-state index in [1.54, 1.807) is 18.3 Å². The molecular weight excluding hydrogens is 511 g/mol. The largest absolute Gasteiger partial charge is 0.573 e. The molecule has 1 aliphatic rings. The van der Waals surface area contributed by atoms with Gasteiger partial charge in [0.1, 0.15) is 18.1 Å². The smallest absolute Gasteiger partial charge is 0.492 e. The summed E-state index contributed by atoms with van der Waals surface area (Å²) in [5.41, 5.74) is 3.37. The average Bonchev–Trinajstić information content (AvgIpc) is 3.37. The first-order valence-electron chi connectivity index (χ1n) is 12.7. The molecule has 1 saturated heterocycles. The number of piperidine rings is 1. The van der Waals surface area contributed by atoms with Gasteiger partial charge in [0.2, 0.25) is 0 Å². The summed E-state index contributed by atoms with van der Waals surface area (Å²) in [6.45, 7) is 3.72. The van der Waals surface area contributed by atoms with Crippen molar-refractivity contribution in [3.63, 3.8) is 0 Å². The summed E-state index contributed by atoms with van der Waals surface area (Å²) < 4.78 is 47.4. The normalized spacial score (nSPS) is 14.2. The number of hydrogen-bond donors (Lipinski definition) is 3. The number of alkyl halides is 3. The molecule has 39 heavy (non-hydrogen) atoms. The fourth-order valence-electron chi connectivity index (χ4n) is 4.62. The number of nitrogens with zero attached hydrogens (tertiary/aromatic N) is 2. The molecule has 1 aromatic heterocycles. The van der Waals surface area contributed by atoms with Gasteiger partial charge in [0.15, 0.2) is 0 Å². The molecule has 0 radical (unpaired) electrons. The fraction of sp³-hybridized carbons (Fsp3) is 0.286. The van der Waals surface area contributed by atoms with E-state index < -0.39 is 18.1 Å². The summed E-state index contributed by atoms with van der Waals surface area (Å²) in [5, 5.41) is 13.3. The number of anilines is 2. The Balaban J connectivity index is 1.23. The number of halogens is 3. The lowest BCUT2D eigenvalue weighted by Gasteiger charge is -2.26. The maximum Gasteiger partial charge on any atom is 0.573 e. The number of aromatic amines is 1. The van der Waals surface area contributed by atoms with E-state index in [0.717, 1.165) is 59.5 Å². The van der Waals surface area contributed by atoms with Crippen LogP contribution in [0.5, 0.6) is 11.5 Å². The Bertz CT molecular complexity index is 1420. The third-order valence-electron chi connectivity index (χ3n) is 6.44. The molecule has 11 heteroatoms. The number of aromatic nitrogens is 2. The second kappa shape index (κ2) is 11.6. The van der Waals surface area contributed by atoms with Gasteiger partial charge in [-0.25, -0.2) is 4.79 Å². The highest BCUT2D eigenvalue weighted by Crippen LogP contribution is 2.33. The average molecular weight is 540 g/mol. The van der Waals surface area contributed by atoms with E-state index in [1.165, 1.54) is 31.4 Å². The maximum atomic E-state index is 12.5. The first-order chi connectivity index (χ1) is 18.8. The van der Waals surface area contributed by atoms with Gasteiger partial charge in [-0.3, -0.25) is 10.00 Å². The molecule has 8 nitrogen and oxygen atoms in total. The number of carbonyl (C=O) groups excluding carboxylic acids is 1. The van der Waals surface area contributed by atoms with Crippen LogP contribution in [-0.2, 0) is 0 Å². The van der Waals surface area contributed by atoms with Crippen LogP contribution in [0.4, 0.5) is 29.3 Å². The number of likely N-dealkylation sites (tertiary alicyclic amines) is 1. The van der Waals surface area contributed by atoms with Gasteiger partial charge in [0, 0.05) is 35.4 Å². The van der Waals surface area contributed by atoms with E-state index in [2.05, 4.69) is 30.5 Å². The monoisotopic (exact) mass is 539 g/mol. The molecule has 0 saturated carbocycles. The lowest BCUT2D eigenvalue weighted by atomic mass is 10.0. The maximum absolute atomic E-state index is 12.5. The van der Waals surface area contributed by atoms with Gasteiger partial charge in [-0.1, -0.05) is 24.6 Å². The van der Waals surface area contributed by atoms with Gasteiger partial charge in [0.05, 0.1) is 11.7 Å². The zero-order valence-corrected chi connectivity index (χ0v) is 21.1. The van der Waals surface area contributed by atoms with Crippen LogP contribution in [0.15, 0.2) is 66.9 Å². The van der Waals surface area contributed by atoms with E-state index in [4.69, 9.17) is 4.74 Å². The van der Waals surface area contributed by atoms with Crippen LogP contribution in [0.1, 0.15) is 19.3 Å². The molecule has 0 atom stereocenters. The summed E-state index contributed by atoms with van der Waals surface area (Å²) in [4.78, 5) is 14.8. The summed E-state index contributed by atoms with van der Waals surface area (Å²) in [6, 6.07) is 15.6. The number of nitrogens with one attached hydrogen (secondary N) is 3. The highest BCUT2D eigenvalue weighted by atomic mass is 19.4. The first kappa shape index (κ1) is 26.4. The van der Waals surface area contributed by atoms with Crippen molar-refractivity contribution in [2.75, 3.05) is 36.9 Å². The lowest BCUT2D eigenvalue weighted by Crippen LogP contribution is -2.33. The molecule has 0 bridgehead atoms. The minimum Gasteiger partial charge on any atom is -0.492 e. The number of amides is 2. The lowest BCUT2D eigenvalue weighted by molar-refractivity contribution is -0.274. The molecule has 3 aromatic carbocycles. The van der Waals surface area contributed by atoms with Gasteiger partial charge in [-0.2, -0.15) is 5.10 Å². The molecule has 3 N–H and O–H groups in total. The zero-order valence-electron chi connectivity index (χ0n) is 21.1. The van der Waals surface area contributed by atoms with Crippen LogP contribution in [0.25, 0.3) is 22.0 Å². The Morgan fingerprint density at radius 3 is 2.49 bits per heavy atom.